The van der Waals surface area contributed by atoms with Crippen molar-refractivity contribution in [1.29, 1.82) is 0 Å². The van der Waals surface area contributed by atoms with Gasteiger partial charge in [0, 0.05) is 10.9 Å². The largest absolute Gasteiger partial charge is 0.445 e. The zero-order valence-corrected chi connectivity index (χ0v) is 12.0. The van der Waals surface area contributed by atoms with Crippen LogP contribution in [0, 0.1) is 5.41 Å². The van der Waals surface area contributed by atoms with Crippen LogP contribution in [0.3, 0.4) is 0 Å². The normalized spacial score (nSPS) is 13.2. The number of rotatable bonds is 3. The molecule has 0 aliphatic heterocycles. The Morgan fingerprint density at radius 1 is 1.35 bits per heavy atom. The molecule has 1 aromatic rings. The summed E-state index contributed by atoms with van der Waals surface area (Å²) in [6.07, 6.45) is -0.275. The van der Waals surface area contributed by atoms with Crippen LogP contribution in [0.2, 0.25) is 0 Å². The van der Waals surface area contributed by atoms with E-state index in [4.69, 9.17) is 10.5 Å². The molecule has 0 saturated carbocycles. The lowest BCUT2D eigenvalue weighted by Crippen LogP contribution is -2.35. The smallest absolute Gasteiger partial charge is 0.404 e. The first-order valence-electron chi connectivity index (χ1n) is 5.49. The van der Waals surface area contributed by atoms with Crippen molar-refractivity contribution in [2.45, 2.75) is 33.3 Å². The Balaban J connectivity index is 2.79. The maximum Gasteiger partial charge on any atom is 0.404 e. The fraction of sp³-hybridized carbons (Fsp3) is 0.462. The molecule has 17 heavy (non-hydrogen) atoms. The van der Waals surface area contributed by atoms with Crippen molar-refractivity contribution >= 4 is 22.0 Å². The van der Waals surface area contributed by atoms with Gasteiger partial charge in [0.15, 0.2) is 0 Å². The summed E-state index contributed by atoms with van der Waals surface area (Å²) in [5, 5.41) is 0. The van der Waals surface area contributed by atoms with Gasteiger partial charge in [-0.05, 0) is 23.1 Å². The third-order valence-electron chi connectivity index (χ3n) is 2.56. The van der Waals surface area contributed by atoms with Gasteiger partial charge in [0.25, 0.3) is 0 Å². The minimum absolute atomic E-state index is 0.137. The van der Waals surface area contributed by atoms with Gasteiger partial charge in [-0.15, -0.1) is 0 Å². The van der Waals surface area contributed by atoms with E-state index in [0.29, 0.717) is 6.42 Å². The average Bonchev–Trinajstić information content (AvgIpc) is 2.18. The molecule has 1 amide bonds. The number of carbonyl (C=O) groups is 1. The van der Waals surface area contributed by atoms with Crippen molar-refractivity contribution in [1.82, 2.24) is 0 Å². The van der Waals surface area contributed by atoms with Crippen molar-refractivity contribution in [3.8, 4) is 0 Å². The summed E-state index contributed by atoms with van der Waals surface area (Å²) in [5.41, 5.74) is 6.08. The third kappa shape index (κ3) is 4.77. The number of amides is 1. The second kappa shape index (κ2) is 5.54. The molecule has 3 nitrogen and oxygen atoms in total. The van der Waals surface area contributed by atoms with E-state index in [1.807, 2.05) is 45.0 Å². The van der Waals surface area contributed by atoms with Gasteiger partial charge >= 0.3 is 6.09 Å². The van der Waals surface area contributed by atoms with Crippen molar-refractivity contribution < 1.29 is 9.53 Å². The summed E-state index contributed by atoms with van der Waals surface area (Å²) < 4.78 is 6.21. The van der Waals surface area contributed by atoms with Crippen LogP contribution >= 0.6 is 15.9 Å². The Bertz CT molecular complexity index is 381. The van der Waals surface area contributed by atoms with Gasteiger partial charge in [-0.2, -0.15) is 0 Å². The first-order chi connectivity index (χ1) is 7.79. The summed E-state index contributed by atoms with van der Waals surface area (Å²) in [6.45, 7) is 6.08. The summed E-state index contributed by atoms with van der Waals surface area (Å²) in [4.78, 5) is 10.9. The predicted octanol–water partition coefficient (Wildman–Crippen LogP) is 3.50. The van der Waals surface area contributed by atoms with E-state index in [1.54, 1.807) is 0 Å². The molecule has 94 valence electrons. The van der Waals surface area contributed by atoms with E-state index >= 15 is 0 Å². The molecule has 1 unspecified atom stereocenters. The molecular weight excluding hydrogens is 282 g/mol. The number of hydrogen-bond acceptors (Lipinski definition) is 2. The maximum atomic E-state index is 10.9. The zero-order valence-electron chi connectivity index (χ0n) is 10.4. The van der Waals surface area contributed by atoms with Crippen molar-refractivity contribution in [3.05, 3.63) is 34.3 Å². The van der Waals surface area contributed by atoms with Gasteiger partial charge in [-0.25, -0.2) is 4.79 Å². The lowest BCUT2D eigenvalue weighted by Gasteiger charge is -2.29. The number of primary amides is 1. The topological polar surface area (TPSA) is 52.3 Å². The third-order valence-corrected chi connectivity index (χ3v) is 3.09. The number of halogens is 1. The van der Waals surface area contributed by atoms with Crippen molar-refractivity contribution in [3.63, 3.8) is 0 Å². The number of carbonyl (C=O) groups excluding carboxylic acids is 1. The highest BCUT2D eigenvalue weighted by Crippen LogP contribution is 2.26. The van der Waals surface area contributed by atoms with Gasteiger partial charge in [0.05, 0.1) is 0 Å². The molecule has 1 aromatic carbocycles. The van der Waals surface area contributed by atoms with E-state index in [0.717, 1.165) is 10.0 Å². The van der Waals surface area contributed by atoms with E-state index < -0.39 is 6.09 Å². The molecule has 1 rings (SSSR count). The molecule has 0 aliphatic rings. The SMILES string of the molecule is CC(C)(C)C(Cc1ccc(Br)cc1)OC(N)=O. The molecule has 0 radical (unpaired) electrons. The van der Waals surface area contributed by atoms with E-state index in [9.17, 15) is 4.79 Å². The highest BCUT2D eigenvalue weighted by atomic mass is 79.9. The summed E-state index contributed by atoms with van der Waals surface area (Å²) in [6, 6.07) is 7.96. The second-order valence-corrected chi connectivity index (χ2v) is 6.04. The molecule has 4 heteroatoms. The van der Waals surface area contributed by atoms with Crippen LogP contribution in [0.15, 0.2) is 28.7 Å². The summed E-state index contributed by atoms with van der Waals surface area (Å²) in [5.74, 6) is 0. The number of hydrogen-bond donors (Lipinski definition) is 1. The predicted molar refractivity (Wildman–Crippen MR) is 71.8 cm³/mol. The molecule has 1 atom stereocenters. The van der Waals surface area contributed by atoms with Crippen LogP contribution in [-0.4, -0.2) is 12.2 Å². The van der Waals surface area contributed by atoms with Crippen LogP contribution in [-0.2, 0) is 11.2 Å². The molecule has 2 N–H and O–H groups in total. The summed E-state index contributed by atoms with van der Waals surface area (Å²) in [7, 11) is 0. The Morgan fingerprint density at radius 2 is 1.88 bits per heavy atom. The van der Waals surface area contributed by atoms with Crippen LogP contribution in [0.25, 0.3) is 0 Å². The first kappa shape index (κ1) is 14.0. The number of nitrogens with two attached hydrogens (primary N) is 1. The molecule has 0 aliphatic carbocycles. The Labute approximate surface area is 110 Å². The Morgan fingerprint density at radius 3 is 2.29 bits per heavy atom. The van der Waals surface area contributed by atoms with Crippen LogP contribution in [0.4, 0.5) is 4.79 Å². The molecule has 0 saturated heterocycles. The molecule has 0 aromatic heterocycles. The minimum Gasteiger partial charge on any atom is -0.445 e. The molecule has 0 heterocycles. The first-order valence-corrected chi connectivity index (χ1v) is 6.29. The lowest BCUT2D eigenvalue weighted by molar-refractivity contribution is 0.0374. The standard InChI is InChI=1S/C13H18BrNO2/c1-13(2,3)11(17-12(15)16)8-9-4-6-10(14)7-5-9/h4-7,11H,8H2,1-3H3,(H2,15,16). The van der Waals surface area contributed by atoms with Crippen molar-refractivity contribution in [2.24, 2.45) is 11.1 Å². The molecular formula is C13H18BrNO2. The van der Waals surface area contributed by atoms with Crippen LogP contribution in [0.5, 0.6) is 0 Å². The van der Waals surface area contributed by atoms with Gasteiger partial charge in [0.2, 0.25) is 0 Å². The van der Waals surface area contributed by atoms with Gasteiger partial charge < -0.3 is 10.5 Å². The highest BCUT2D eigenvalue weighted by Gasteiger charge is 2.27. The van der Waals surface area contributed by atoms with Gasteiger partial charge in [-0.1, -0.05) is 48.8 Å². The Hall–Kier alpha value is -1.03. The Kier molecular flexibility index (Phi) is 4.57. The average molecular weight is 300 g/mol. The fourth-order valence-corrected chi connectivity index (χ4v) is 1.76. The van der Waals surface area contributed by atoms with E-state index in [2.05, 4.69) is 15.9 Å². The zero-order chi connectivity index (χ0) is 13.1. The van der Waals surface area contributed by atoms with E-state index in [-0.39, 0.29) is 11.5 Å². The van der Waals surface area contributed by atoms with Gasteiger partial charge in [-0.3, -0.25) is 0 Å². The maximum absolute atomic E-state index is 10.9. The monoisotopic (exact) mass is 299 g/mol. The molecule has 0 fully saturated rings. The number of ether oxygens (including phenoxy) is 1. The number of benzene rings is 1. The quantitative estimate of drug-likeness (QED) is 0.928. The van der Waals surface area contributed by atoms with Crippen LogP contribution < -0.4 is 5.73 Å². The minimum atomic E-state index is -0.720. The van der Waals surface area contributed by atoms with Crippen molar-refractivity contribution in [2.75, 3.05) is 0 Å². The second-order valence-electron chi connectivity index (χ2n) is 5.12. The molecule has 0 bridgehead atoms. The van der Waals surface area contributed by atoms with E-state index in [1.165, 1.54) is 0 Å². The van der Waals surface area contributed by atoms with Gasteiger partial charge in [0.1, 0.15) is 6.10 Å². The van der Waals surface area contributed by atoms with Crippen LogP contribution in [0.1, 0.15) is 26.3 Å². The summed E-state index contributed by atoms with van der Waals surface area (Å²) >= 11 is 3.39. The lowest BCUT2D eigenvalue weighted by atomic mass is 9.85. The fourth-order valence-electron chi connectivity index (χ4n) is 1.50. The highest BCUT2D eigenvalue weighted by molar-refractivity contribution is 9.10. The molecule has 0 spiro atoms.